The lowest BCUT2D eigenvalue weighted by Crippen LogP contribution is -2.24. The Labute approximate surface area is 159 Å². The van der Waals surface area contributed by atoms with Crippen molar-refractivity contribution in [3.63, 3.8) is 0 Å². The molecule has 3 amide bonds. The maximum absolute atomic E-state index is 12.1. The molecule has 2 aromatic carbocycles. The van der Waals surface area contributed by atoms with Gasteiger partial charge in [0, 0.05) is 24.3 Å². The summed E-state index contributed by atoms with van der Waals surface area (Å²) in [5.41, 5.74) is 2.37. The second-order valence-electron chi connectivity index (χ2n) is 6.82. The molecule has 27 heavy (non-hydrogen) atoms. The molecule has 1 fully saturated rings. The van der Waals surface area contributed by atoms with Gasteiger partial charge in [0.05, 0.1) is 0 Å². The van der Waals surface area contributed by atoms with E-state index in [1.165, 1.54) is 0 Å². The topological polar surface area (TPSA) is 82.3 Å². The summed E-state index contributed by atoms with van der Waals surface area (Å²) in [5, 5.41) is 11.9. The van der Waals surface area contributed by atoms with Crippen LogP contribution in [-0.4, -0.2) is 25.0 Å². The number of carbonyl (C=O) groups is 2. The summed E-state index contributed by atoms with van der Waals surface area (Å²) in [7, 11) is 0. The second kappa shape index (κ2) is 9.73. The van der Waals surface area contributed by atoms with E-state index in [2.05, 4.69) is 21.3 Å². The van der Waals surface area contributed by atoms with E-state index in [9.17, 15) is 9.59 Å². The molecule has 0 bridgehead atoms. The Kier molecular flexibility index (Phi) is 6.82. The molecule has 2 aromatic rings. The van der Waals surface area contributed by atoms with Crippen molar-refractivity contribution < 1.29 is 9.59 Å². The first kappa shape index (κ1) is 18.9. The van der Waals surface area contributed by atoms with Crippen LogP contribution < -0.4 is 21.3 Å². The Hall–Kier alpha value is -2.86. The standard InChI is InChI=1S/C21H26N4O2/c26-20(10-9-16-11-12-22-14-16)23-15-17-5-4-8-19(13-17)25-21(27)24-18-6-2-1-3-7-18/h1-8,13,16,22H,9-12,14-15H2,(H,23,26)(H2,24,25,27). The number of amides is 3. The number of hydrogen-bond acceptors (Lipinski definition) is 3. The monoisotopic (exact) mass is 366 g/mol. The van der Waals surface area contributed by atoms with Gasteiger partial charge in [-0.2, -0.15) is 0 Å². The molecule has 0 aromatic heterocycles. The number of para-hydroxylation sites is 1. The molecule has 6 nitrogen and oxygen atoms in total. The van der Waals surface area contributed by atoms with E-state index in [4.69, 9.17) is 0 Å². The molecule has 0 saturated carbocycles. The summed E-state index contributed by atoms with van der Waals surface area (Å²) in [6.45, 7) is 2.54. The number of hydrogen-bond donors (Lipinski definition) is 4. The fourth-order valence-electron chi connectivity index (χ4n) is 3.16. The summed E-state index contributed by atoms with van der Waals surface area (Å²) < 4.78 is 0. The number of rotatable bonds is 7. The molecule has 1 aliphatic rings. The molecule has 1 heterocycles. The maximum atomic E-state index is 12.1. The maximum Gasteiger partial charge on any atom is 0.323 e. The number of carbonyl (C=O) groups excluding carboxylic acids is 2. The van der Waals surface area contributed by atoms with E-state index >= 15 is 0 Å². The van der Waals surface area contributed by atoms with Crippen LogP contribution in [0.1, 0.15) is 24.8 Å². The van der Waals surface area contributed by atoms with Gasteiger partial charge in [-0.25, -0.2) is 4.79 Å². The summed E-state index contributed by atoms with van der Waals surface area (Å²) in [5.74, 6) is 0.688. The third-order valence-electron chi connectivity index (χ3n) is 4.65. The van der Waals surface area contributed by atoms with Gasteiger partial charge < -0.3 is 21.3 Å². The van der Waals surface area contributed by atoms with Crippen LogP contribution in [-0.2, 0) is 11.3 Å². The van der Waals surface area contributed by atoms with Crippen molar-refractivity contribution in [3.05, 3.63) is 60.2 Å². The summed E-state index contributed by atoms with van der Waals surface area (Å²) in [4.78, 5) is 24.1. The van der Waals surface area contributed by atoms with Gasteiger partial charge in [-0.3, -0.25) is 4.79 Å². The van der Waals surface area contributed by atoms with Crippen molar-refractivity contribution in [1.82, 2.24) is 10.6 Å². The zero-order valence-electron chi connectivity index (χ0n) is 15.3. The molecule has 4 N–H and O–H groups in total. The van der Waals surface area contributed by atoms with Crippen LogP contribution in [0.3, 0.4) is 0 Å². The van der Waals surface area contributed by atoms with Gasteiger partial charge in [0.2, 0.25) is 5.91 Å². The molecular formula is C21H26N4O2. The fraction of sp³-hybridized carbons (Fsp3) is 0.333. The number of anilines is 2. The van der Waals surface area contributed by atoms with E-state index in [1.807, 2.05) is 54.6 Å². The summed E-state index contributed by atoms with van der Waals surface area (Å²) in [6.07, 6.45) is 2.65. The minimum atomic E-state index is -0.299. The predicted molar refractivity (Wildman–Crippen MR) is 108 cm³/mol. The first-order valence-electron chi connectivity index (χ1n) is 9.38. The minimum absolute atomic E-state index is 0.0714. The smallest absolute Gasteiger partial charge is 0.323 e. The summed E-state index contributed by atoms with van der Waals surface area (Å²) in [6, 6.07) is 16.5. The number of urea groups is 1. The Bertz CT molecular complexity index is 758. The van der Waals surface area contributed by atoms with Crippen molar-refractivity contribution >= 4 is 23.3 Å². The average Bonchev–Trinajstić information content (AvgIpc) is 3.19. The van der Waals surface area contributed by atoms with Crippen LogP contribution in [0.15, 0.2) is 54.6 Å². The van der Waals surface area contributed by atoms with E-state index < -0.39 is 0 Å². The molecule has 6 heteroatoms. The first-order valence-corrected chi connectivity index (χ1v) is 9.38. The Morgan fingerprint density at radius 2 is 1.78 bits per heavy atom. The molecule has 0 radical (unpaired) electrons. The zero-order valence-corrected chi connectivity index (χ0v) is 15.3. The van der Waals surface area contributed by atoms with E-state index in [-0.39, 0.29) is 11.9 Å². The molecule has 1 saturated heterocycles. The highest BCUT2D eigenvalue weighted by Gasteiger charge is 2.15. The highest BCUT2D eigenvalue weighted by molar-refractivity contribution is 5.99. The summed E-state index contributed by atoms with van der Waals surface area (Å²) >= 11 is 0. The van der Waals surface area contributed by atoms with Crippen molar-refractivity contribution in [2.24, 2.45) is 5.92 Å². The third-order valence-corrected chi connectivity index (χ3v) is 4.65. The molecule has 0 spiro atoms. The molecule has 1 atom stereocenters. The number of benzene rings is 2. The van der Waals surface area contributed by atoms with Gasteiger partial charge in [-0.1, -0.05) is 30.3 Å². The molecule has 142 valence electrons. The normalized spacial score (nSPS) is 15.9. The molecular weight excluding hydrogens is 340 g/mol. The van der Waals surface area contributed by atoms with Gasteiger partial charge in [0.25, 0.3) is 0 Å². The fourth-order valence-corrected chi connectivity index (χ4v) is 3.16. The van der Waals surface area contributed by atoms with Crippen molar-refractivity contribution in [2.75, 3.05) is 23.7 Å². The zero-order chi connectivity index (χ0) is 18.9. The molecule has 1 unspecified atom stereocenters. The first-order chi connectivity index (χ1) is 13.2. The Morgan fingerprint density at radius 3 is 2.56 bits per heavy atom. The van der Waals surface area contributed by atoms with Gasteiger partial charge in [0.1, 0.15) is 0 Å². The predicted octanol–water partition coefficient (Wildman–Crippen LogP) is 3.34. The Morgan fingerprint density at radius 1 is 1.00 bits per heavy atom. The van der Waals surface area contributed by atoms with Crippen LogP contribution in [0, 0.1) is 5.92 Å². The minimum Gasteiger partial charge on any atom is -0.352 e. The Balaban J connectivity index is 1.43. The lowest BCUT2D eigenvalue weighted by atomic mass is 10.0. The van der Waals surface area contributed by atoms with Crippen LogP contribution >= 0.6 is 0 Å². The third kappa shape index (κ3) is 6.42. The van der Waals surface area contributed by atoms with Gasteiger partial charge in [-0.15, -0.1) is 0 Å². The van der Waals surface area contributed by atoms with Crippen molar-refractivity contribution in [2.45, 2.75) is 25.8 Å². The second-order valence-corrected chi connectivity index (χ2v) is 6.82. The quantitative estimate of drug-likeness (QED) is 0.607. The number of nitrogens with one attached hydrogen (secondary N) is 4. The van der Waals surface area contributed by atoms with Crippen LogP contribution in [0.5, 0.6) is 0 Å². The molecule has 0 aliphatic carbocycles. The van der Waals surface area contributed by atoms with Crippen molar-refractivity contribution in [1.29, 1.82) is 0 Å². The van der Waals surface area contributed by atoms with Crippen molar-refractivity contribution in [3.8, 4) is 0 Å². The van der Waals surface area contributed by atoms with E-state index in [1.54, 1.807) is 0 Å². The van der Waals surface area contributed by atoms with Crippen LogP contribution in [0.2, 0.25) is 0 Å². The highest BCUT2D eigenvalue weighted by atomic mass is 16.2. The highest BCUT2D eigenvalue weighted by Crippen LogP contribution is 2.15. The molecule has 3 rings (SSSR count). The lowest BCUT2D eigenvalue weighted by Gasteiger charge is -2.11. The molecule has 1 aliphatic heterocycles. The van der Waals surface area contributed by atoms with Gasteiger partial charge >= 0.3 is 6.03 Å². The average molecular weight is 366 g/mol. The van der Waals surface area contributed by atoms with E-state index in [0.29, 0.717) is 24.6 Å². The van der Waals surface area contributed by atoms with E-state index in [0.717, 1.165) is 37.2 Å². The SMILES string of the molecule is O=C(CCC1CCNC1)NCc1cccc(NC(=O)Nc2ccccc2)c1. The van der Waals surface area contributed by atoms with Gasteiger partial charge in [-0.05, 0) is 61.7 Å². The largest absolute Gasteiger partial charge is 0.352 e. The van der Waals surface area contributed by atoms with Gasteiger partial charge in [0.15, 0.2) is 0 Å². The van der Waals surface area contributed by atoms with Crippen LogP contribution in [0.25, 0.3) is 0 Å². The van der Waals surface area contributed by atoms with Crippen LogP contribution in [0.4, 0.5) is 16.2 Å². The lowest BCUT2D eigenvalue weighted by molar-refractivity contribution is -0.121.